The molecule has 3 aromatic heterocycles. The average molecular weight is 326 g/mol. The Kier molecular flexibility index (Phi) is 4.52. The summed E-state index contributed by atoms with van der Waals surface area (Å²) in [6, 6.07) is 9.50. The molecule has 118 valence electrons. The summed E-state index contributed by atoms with van der Waals surface area (Å²) < 4.78 is 1.76. The van der Waals surface area contributed by atoms with E-state index in [0.717, 1.165) is 17.0 Å². The minimum atomic E-state index is -0.110. The van der Waals surface area contributed by atoms with Crippen LogP contribution in [0.4, 0.5) is 5.82 Å². The van der Waals surface area contributed by atoms with Crippen LogP contribution in [0.1, 0.15) is 32.7 Å². The predicted octanol–water partition coefficient (Wildman–Crippen LogP) is 3.51. The minimum absolute atomic E-state index is 0.110. The van der Waals surface area contributed by atoms with Crippen molar-refractivity contribution in [1.82, 2.24) is 14.8 Å². The molecule has 0 aliphatic heterocycles. The SMILES string of the molecule is CCc1sc(C(=O)Nc2ccn(Cc3ccccn3)n2)cc1C. The van der Waals surface area contributed by atoms with Crippen LogP contribution >= 0.6 is 11.3 Å². The zero-order valence-corrected chi connectivity index (χ0v) is 13.9. The molecule has 0 spiro atoms. The third kappa shape index (κ3) is 3.65. The van der Waals surface area contributed by atoms with Crippen LogP contribution in [0, 0.1) is 6.92 Å². The maximum absolute atomic E-state index is 12.3. The van der Waals surface area contributed by atoms with E-state index in [9.17, 15) is 4.79 Å². The number of aryl methyl sites for hydroxylation is 2. The monoisotopic (exact) mass is 326 g/mol. The minimum Gasteiger partial charge on any atom is -0.304 e. The molecule has 0 aliphatic rings. The molecule has 0 fully saturated rings. The van der Waals surface area contributed by atoms with Gasteiger partial charge < -0.3 is 5.32 Å². The van der Waals surface area contributed by atoms with Crippen molar-refractivity contribution < 1.29 is 4.79 Å². The van der Waals surface area contributed by atoms with Gasteiger partial charge in [-0.2, -0.15) is 5.10 Å². The number of nitrogens with zero attached hydrogens (tertiary/aromatic N) is 3. The Balaban J connectivity index is 1.67. The standard InChI is InChI=1S/C17H18N4OS/c1-3-14-12(2)10-15(23-14)17(22)19-16-7-9-21(20-16)11-13-6-4-5-8-18-13/h4-10H,3,11H2,1-2H3,(H,19,20,22). The first-order chi connectivity index (χ1) is 11.2. The Bertz CT molecular complexity index is 807. The number of pyridine rings is 1. The van der Waals surface area contributed by atoms with Gasteiger partial charge in [-0.25, -0.2) is 0 Å². The summed E-state index contributed by atoms with van der Waals surface area (Å²) in [5.41, 5.74) is 2.10. The van der Waals surface area contributed by atoms with Crippen LogP contribution in [0.25, 0.3) is 0 Å². The van der Waals surface area contributed by atoms with E-state index >= 15 is 0 Å². The lowest BCUT2D eigenvalue weighted by molar-refractivity contribution is 0.103. The van der Waals surface area contributed by atoms with Crippen molar-refractivity contribution in [2.75, 3.05) is 5.32 Å². The van der Waals surface area contributed by atoms with Crippen molar-refractivity contribution in [3.05, 3.63) is 63.7 Å². The molecular formula is C17H18N4OS. The third-order valence-electron chi connectivity index (χ3n) is 3.50. The Morgan fingerprint density at radius 3 is 2.91 bits per heavy atom. The molecule has 0 saturated carbocycles. The van der Waals surface area contributed by atoms with Crippen molar-refractivity contribution in [2.24, 2.45) is 0 Å². The largest absolute Gasteiger partial charge is 0.304 e. The molecule has 6 heteroatoms. The highest BCUT2D eigenvalue weighted by Gasteiger charge is 2.13. The summed E-state index contributed by atoms with van der Waals surface area (Å²) >= 11 is 1.54. The maximum Gasteiger partial charge on any atom is 0.266 e. The number of thiophene rings is 1. The van der Waals surface area contributed by atoms with Gasteiger partial charge in [-0.1, -0.05) is 13.0 Å². The van der Waals surface area contributed by atoms with Gasteiger partial charge in [-0.15, -0.1) is 11.3 Å². The molecule has 0 atom stereocenters. The summed E-state index contributed by atoms with van der Waals surface area (Å²) in [4.78, 5) is 18.5. The fourth-order valence-corrected chi connectivity index (χ4v) is 3.34. The molecule has 0 unspecified atom stereocenters. The van der Waals surface area contributed by atoms with Crippen LogP contribution in [0.2, 0.25) is 0 Å². The second kappa shape index (κ2) is 6.75. The number of rotatable bonds is 5. The van der Waals surface area contributed by atoms with Gasteiger partial charge in [0.15, 0.2) is 5.82 Å². The molecule has 0 aromatic carbocycles. The fourth-order valence-electron chi connectivity index (χ4n) is 2.33. The van der Waals surface area contributed by atoms with Gasteiger partial charge in [0.2, 0.25) is 0 Å². The van der Waals surface area contributed by atoms with Crippen LogP contribution in [0.5, 0.6) is 0 Å². The van der Waals surface area contributed by atoms with Crippen molar-refractivity contribution >= 4 is 23.1 Å². The number of nitrogens with one attached hydrogen (secondary N) is 1. The Hall–Kier alpha value is -2.47. The number of aromatic nitrogens is 3. The zero-order valence-electron chi connectivity index (χ0n) is 13.1. The fraction of sp³-hybridized carbons (Fsp3) is 0.235. The molecule has 3 aromatic rings. The summed E-state index contributed by atoms with van der Waals surface area (Å²) in [5, 5.41) is 7.22. The van der Waals surface area contributed by atoms with E-state index in [-0.39, 0.29) is 5.91 Å². The predicted molar refractivity (Wildman–Crippen MR) is 92.0 cm³/mol. The topological polar surface area (TPSA) is 59.8 Å². The molecule has 0 saturated heterocycles. The lowest BCUT2D eigenvalue weighted by atomic mass is 10.2. The third-order valence-corrected chi connectivity index (χ3v) is 4.88. The zero-order chi connectivity index (χ0) is 16.2. The second-order valence-corrected chi connectivity index (χ2v) is 6.38. The molecule has 1 amide bonds. The Morgan fingerprint density at radius 1 is 1.35 bits per heavy atom. The summed E-state index contributed by atoms with van der Waals surface area (Å²) in [6.07, 6.45) is 4.54. The molecule has 0 radical (unpaired) electrons. The van der Waals surface area contributed by atoms with E-state index in [0.29, 0.717) is 12.4 Å². The molecule has 5 nitrogen and oxygen atoms in total. The van der Waals surface area contributed by atoms with Gasteiger partial charge in [0.1, 0.15) is 0 Å². The molecule has 0 bridgehead atoms. The van der Waals surface area contributed by atoms with E-state index in [1.807, 2.05) is 37.4 Å². The van der Waals surface area contributed by atoms with Crippen molar-refractivity contribution in [2.45, 2.75) is 26.8 Å². The first kappa shape index (κ1) is 15.4. The molecule has 3 rings (SSSR count). The highest BCUT2D eigenvalue weighted by atomic mass is 32.1. The molecular weight excluding hydrogens is 308 g/mol. The number of carbonyl (C=O) groups excluding carboxylic acids is 1. The number of hydrogen-bond donors (Lipinski definition) is 1. The number of anilines is 1. The normalized spacial score (nSPS) is 10.7. The number of carbonyl (C=O) groups is 1. The molecule has 3 heterocycles. The summed E-state index contributed by atoms with van der Waals surface area (Å²) in [6.45, 7) is 4.71. The number of amides is 1. The van der Waals surface area contributed by atoms with Crippen LogP contribution in [-0.4, -0.2) is 20.7 Å². The highest BCUT2D eigenvalue weighted by Crippen LogP contribution is 2.23. The van der Waals surface area contributed by atoms with Gasteiger partial charge in [-0.05, 0) is 37.1 Å². The number of hydrogen-bond acceptors (Lipinski definition) is 4. The maximum atomic E-state index is 12.3. The van der Waals surface area contributed by atoms with Gasteiger partial charge in [0.05, 0.1) is 17.1 Å². The van der Waals surface area contributed by atoms with Gasteiger partial charge in [0, 0.05) is 23.3 Å². The van der Waals surface area contributed by atoms with Crippen LogP contribution < -0.4 is 5.32 Å². The van der Waals surface area contributed by atoms with Gasteiger partial charge >= 0.3 is 0 Å². The van der Waals surface area contributed by atoms with E-state index in [2.05, 4.69) is 22.3 Å². The smallest absolute Gasteiger partial charge is 0.266 e. The lowest BCUT2D eigenvalue weighted by Gasteiger charge is -2.01. The Labute approximate surface area is 139 Å². The van der Waals surface area contributed by atoms with E-state index in [1.165, 1.54) is 21.8 Å². The van der Waals surface area contributed by atoms with Crippen molar-refractivity contribution in [3.63, 3.8) is 0 Å². The van der Waals surface area contributed by atoms with Crippen LogP contribution in [0.15, 0.2) is 42.7 Å². The average Bonchev–Trinajstić information content (AvgIpc) is 3.14. The second-order valence-electron chi connectivity index (χ2n) is 5.24. The molecule has 23 heavy (non-hydrogen) atoms. The van der Waals surface area contributed by atoms with Crippen molar-refractivity contribution in [1.29, 1.82) is 0 Å². The molecule has 0 aliphatic carbocycles. The van der Waals surface area contributed by atoms with Crippen LogP contribution in [0.3, 0.4) is 0 Å². The molecule has 1 N–H and O–H groups in total. The van der Waals surface area contributed by atoms with E-state index < -0.39 is 0 Å². The first-order valence-corrected chi connectivity index (χ1v) is 8.31. The van der Waals surface area contributed by atoms with Crippen LogP contribution in [-0.2, 0) is 13.0 Å². The Morgan fingerprint density at radius 2 is 2.22 bits per heavy atom. The highest BCUT2D eigenvalue weighted by molar-refractivity contribution is 7.14. The first-order valence-electron chi connectivity index (χ1n) is 7.49. The quantitative estimate of drug-likeness (QED) is 0.780. The van der Waals surface area contributed by atoms with E-state index in [1.54, 1.807) is 16.9 Å². The van der Waals surface area contributed by atoms with Gasteiger partial charge in [0.25, 0.3) is 5.91 Å². The van der Waals surface area contributed by atoms with Crippen molar-refractivity contribution in [3.8, 4) is 0 Å². The van der Waals surface area contributed by atoms with E-state index in [4.69, 9.17) is 0 Å². The summed E-state index contributed by atoms with van der Waals surface area (Å²) in [5.74, 6) is 0.441. The van der Waals surface area contributed by atoms with Gasteiger partial charge in [-0.3, -0.25) is 14.5 Å². The lowest BCUT2D eigenvalue weighted by Crippen LogP contribution is -2.11. The summed E-state index contributed by atoms with van der Waals surface area (Å²) in [7, 11) is 0.